The molecule has 4 heteroatoms. The molecule has 0 saturated heterocycles. The summed E-state index contributed by atoms with van der Waals surface area (Å²) in [5.74, 6) is 0.870. The highest BCUT2D eigenvalue weighted by Crippen LogP contribution is 2.25. The van der Waals surface area contributed by atoms with E-state index in [2.05, 4.69) is 42.0 Å². The molecule has 0 aliphatic carbocycles. The predicted molar refractivity (Wildman–Crippen MR) is 73.6 cm³/mol. The van der Waals surface area contributed by atoms with Gasteiger partial charge in [-0.1, -0.05) is 23.5 Å². The predicted octanol–water partition coefficient (Wildman–Crippen LogP) is 2.85. The fourth-order valence-corrected chi connectivity index (χ4v) is 3.04. The van der Waals surface area contributed by atoms with Gasteiger partial charge in [0.1, 0.15) is 18.0 Å². The largest absolute Gasteiger partial charge is 0.446 e. The molecule has 1 aliphatic heterocycles. The zero-order valence-corrected chi connectivity index (χ0v) is 11.5. The van der Waals surface area contributed by atoms with Crippen LogP contribution in [0.1, 0.15) is 11.9 Å². The minimum atomic E-state index is 0.870. The summed E-state index contributed by atoms with van der Waals surface area (Å²) in [6.45, 7) is 2.03. The highest BCUT2D eigenvalue weighted by Gasteiger charge is 2.20. The van der Waals surface area contributed by atoms with E-state index in [-0.39, 0.29) is 0 Å². The smallest absolute Gasteiger partial charge is 0.267 e. The van der Waals surface area contributed by atoms with Crippen molar-refractivity contribution in [1.82, 2.24) is 4.90 Å². The molecule has 3 nitrogen and oxygen atoms in total. The summed E-state index contributed by atoms with van der Waals surface area (Å²) in [5, 5.41) is 1.18. The van der Waals surface area contributed by atoms with Gasteiger partial charge < -0.3 is 9.64 Å². The maximum absolute atomic E-state index is 5.55. The summed E-state index contributed by atoms with van der Waals surface area (Å²) in [5.41, 5.74) is 2.37. The molecule has 18 heavy (non-hydrogen) atoms. The molecule has 0 atom stereocenters. The number of thiazole rings is 1. The molecule has 3 rings (SSSR count). The molecule has 0 fully saturated rings. The van der Waals surface area contributed by atoms with Crippen molar-refractivity contribution in [2.75, 3.05) is 7.05 Å². The molecule has 0 spiro atoms. The second-order valence-corrected chi connectivity index (χ2v) is 5.45. The lowest BCUT2D eigenvalue weighted by atomic mass is 10.3. The fourth-order valence-electron chi connectivity index (χ4n) is 1.96. The minimum Gasteiger partial charge on any atom is -0.446 e. The Balaban J connectivity index is 2.06. The first-order valence-electron chi connectivity index (χ1n) is 5.83. The maximum atomic E-state index is 5.55. The highest BCUT2D eigenvalue weighted by molar-refractivity contribution is 7.18. The molecule has 0 unspecified atom stereocenters. The summed E-state index contributed by atoms with van der Waals surface area (Å²) in [6, 6.07) is 8.41. The van der Waals surface area contributed by atoms with E-state index in [0.717, 1.165) is 11.6 Å². The van der Waals surface area contributed by atoms with Crippen LogP contribution >= 0.6 is 11.3 Å². The Hall–Kier alpha value is -1.81. The van der Waals surface area contributed by atoms with E-state index in [0.29, 0.717) is 0 Å². The molecule has 0 N–H and O–H groups in total. The van der Waals surface area contributed by atoms with Gasteiger partial charge in [0.25, 0.3) is 5.01 Å². The van der Waals surface area contributed by atoms with Crippen LogP contribution < -0.4 is 4.57 Å². The zero-order valence-electron chi connectivity index (χ0n) is 10.7. The van der Waals surface area contributed by atoms with E-state index in [9.17, 15) is 0 Å². The fraction of sp³-hybridized carbons (Fsp3) is 0.214. The van der Waals surface area contributed by atoms with Crippen LogP contribution in [-0.2, 0) is 11.8 Å². The number of benzene rings is 1. The Bertz CT molecular complexity index is 669. The van der Waals surface area contributed by atoms with E-state index in [4.69, 9.17) is 4.74 Å². The lowest BCUT2D eigenvalue weighted by Crippen LogP contribution is -2.29. The van der Waals surface area contributed by atoms with Gasteiger partial charge in [-0.3, -0.25) is 0 Å². The number of fused-ring (bicyclic) bond motifs is 1. The van der Waals surface area contributed by atoms with E-state index in [1.54, 1.807) is 17.6 Å². The Labute approximate surface area is 110 Å². The second-order valence-electron chi connectivity index (χ2n) is 4.39. The van der Waals surface area contributed by atoms with Gasteiger partial charge in [-0.05, 0) is 13.0 Å². The van der Waals surface area contributed by atoms with Crippen molar-refractivity contribution in [3.63, 3.8) is 0 Å². The number of hydrogen-bond donors (Lipinski definition) is 0. The van der Waals surface area contributed by atoms with Crippen LogP contribution in [0.2, 0.25) is 0 Å². The van der Waals surface area contributed by atoms with Gasteiger partial charge in [-0.25, -0.2) is 0 Å². The van der Waals surface area contributed by atoms with Crippen molar-refractivity contribution in [3.05, 3.63) is 47.1 Å². The van der Waals surface area contributed by atoms with Crippen LogP contribution in [-0.4, -0.2) is 11.9 Å². The number of para-hydroxylation sites is 1. The van der Waals surface area contributed by atoms with Crippen LogP contribution in [0.4, 0.5) is 0 Å². The van der Waals surface area contributed by atoms with E-state index in [1.807, 2.05) is 18.9 Å². The first-order chi connectivity index (χ1) is 8.66. The average Bonchev–Trinajstić information content (AvgIpc) is 2.86. The van der Waals surface area contributed by atoms with Gasteiger partial charge in [-0.2, -0.15) is 4.57 Å². The lowest BCUT2D eigenvalue weighted by molar-refractivity contribution is -0.642. The Morgan fingerprint density at radius 3 is 2.78 bits per heavy atom. The van der Waals surface area contributed by atoms with Crippen molar-refractivity contribution in [1.29, 1.82) is 0 Å². The van der Waals surface area contributed by atoms with E-state index < -0.39 is 0 Å². The third-order valence-electron chi connectivity index (χ3n) is 3.23. The molecule has 2 heterocycles. The van der Waals surface area contributed by atoms with Crippen molar-refractivity contribution < 1.29 is 9.30 Å². The quantitative estimate of drug-likeness (QED) is 0.732. The first-order valence-corrected chi connectivity index (χ1v) is 6.65. The molecule has 0 radical (unpaired) electrons. The maximum Gasteiger partial charge on any atom is 0.267 e. The molecule has 1 aromatic heterocycles. The molecule has 1 aromatic carbocycles. The first kappa shape index (κ1) is 11.3. The van der Waals surface area contributed by atoms with Gasteiger partial charge in [0.15, 0.2) is 0 Å². The Morgan fingerprint density at radius 2 is 2.11 bits per heavy atom. The normalized spacial score (nSPS) is 17.4. The van der Waals surface area contributed by atoms with Gasteiger partial charge in [0.2, 0.25) is 11.4 Å². The summed E-state index contributed by atoms with van der Waals surface area (Å²) < 4.78 is 9.03. The molecular formula is C14H15N2OS+. The third-order valence-corrected chi connectivity index (χ3v) is 4.39. The van der Waals surface area contributed by atoms with Crippen molar-refractivity contribution >= 4 is 27.6 Å². The number of allylic oxidation sites excluding steroid dienone is 1. The second kappa shape index (κ2) is 4.14. The van der Waals surface area contributed by atoms with Crippen LogP contribution in [0.3, 0.4) is 0 Å². The summed E-state index contributed by atoms with van der Waals surface area (Å²) >= 11 is 1.77. The highest BCUT2D eigenvalue weighted by atomic mass is 32.1. The topological polar surface area (TPSA) is 16.4 Å². The monoisotopic (exact) mass is 259 g/mol. The Kier molecular flexibility index (Phi) is 2.59. The van der Waals surface area contributed by atoms with Gasteiger partial charge >= 0.3 is 0 Å². The minimum absolute atomic E-state index is 0.870. The molecule has 92 valence electrons. The molecule has 0 bridgehead atoms. The number of aryl methyl sites for hydroxylation is 1. The number of hydrogen-bond acceptors (Lipinski definition) is 3. The van der Waals surface area contributed by atoms with Crippen LogP contribution in [0.25, 0.3) is 16.3 Å². The number of rotatable bonds is 1. The summed E-state index contributed by atoms with van der Waals surface area (Å²) in [7, 11) is 4.10. The molecule has 1 aliphatic rings. The number of nitrogens with zero attached hydrogens (tertiary/aromatic N) is 2. The SMILES string of the molecule is CC1=COC(=Cc2sc3ccccc3[n+]2C)N1C. The molecule has 0 amide bonds. The van der Waals surface area contributed by atoms with Crippen molar-refractivity contribution in [3.8, 4) is 0 Å². The van der Waals surface area contributed by atoms with Gasteiger partial charge in [0.05, 0.1) is 11.8 Å². The van der Waals surface area contributed by atoms with Gasteiger partial charge in [-0.15, -0.1) is 0 Å². The number of aromatic nitrogens is 1. The third kappa shape index (κ3) is 1.69. The van der Waals surface area contributed by atoms with E-state index >= 15 is 0 Å². The van der Waals surface area contributed by atoms with Gasteiger partial charge in [0, 0.05) is 13.1 Å². The van der Waals surface area contributed by atoms with E-state index in [1.165, 1.54) is 15.2 Å². The molecule has 0 saturated carbocycles. The lowest BCUT2D eigenvalue weighted by Gasteiger charge is -2.11. The summed E-state index contributed by atoms with van der Waals surface area (Å²) in [6.07, 6.45) is 3.86. The zero-order chi connectivity index (χ0) is 12.7. The van der Waals surface area contributed by atoms with Crippen molar-refractivity contribution in [2.24, 2.45) is 7.05 Å². The summed E-state index contributed by atoms with van der Waals surface area (Å²) in [4.78, 5) is 2.05. The average molecular weight is 259 g/mol. The molecule has 2 aromatic rings. The van der Waals surface area contributed by atoms with Crippen molar-refractivity contribution in [2.45, 2.75) is 6.92 Å². The Morgan fingerprint density at radius 1 is 1.33 bits per heavy atom. The van der Waals surface area contributed by atoms with Crippen LogP contribution in [0.15, 0.2) is 42.1 Å². The molecular weight excluding hydrogens is 244 g/mol. The standard InChI is InChI=1S/C14H15N2OS/c1-10-9-17-13(15(10)2)8-14-16(3)11-6-4-5-7-12(11)18-14/h4-9H,1-3H3/q+1. The van der Waals surface area contributed by atoms with Crippen LogP contribution in [0, 0.1) is 0 Å². The van der Waals surface area contributed by atoms with Crippen LogP contribution in [0.5, 0.6) is 0 Å². The number of ether oxygens (including phenoxy) is 1.